The smallest absolute Gasteiger partial charge is 0.231 e. The van der Waals surface area contributed by atoms with Gasteiger partial charge in [0.25, 0.3) is 0 Å². The molecule has 1 unspecified atom stereocenters. The maximum absolute atomic E-state index is 12.4. The standard InChI is InChI=1S/C20H28O3S/c1-18(2,3)20(21,17-16-15(10-24-17)22-11-23-16)19-7-12-4-13(8-19)6-14(5-12)9-19/h10,12-14,21H,4-9,11H2,1-3H3. The van der Waals surface area contributed by atoms with Gasteiger partial charge >= 0.3 is 0 Å². The first-order valence-corrected chi connectivity index (χ1v) is 10.3. The number of rotatable bonds is 2. The molecule has 0 radical (unpaired) electrons. The first-order chi connectivity index (χ1) is 11.3. The van der Waals surface area contributed by atoms with Crippen LogP contribution in [0.4, 0.5) is 0 Å². The molecule has 132 valence electrons. The van der Waals surface area contributed by atoms with Gasteiger partial charge in [-0.25, -0.2) is 0 Å². The number of ether oxygens (including phenoxy) is 2. The van der Waals surface area contributed by atoms with Crippen molar-refractivity contribution in [1.82, 2.24) is 0 Å². The van der Waals surface area contributed by atoms with Gasteiger partial charge in [-0.1, -0.05) is 20.8 Å². The van der Waals surface area contributed by atoms with Crippen LogP contribution in [0.15, 0.2) is 5.38 Å². The number of thiophene rings is 1. The van der Waals surface area contributed by atoms with E-state index in [1.54, 1.807) is 11.3 Å². The molecule has 4 aliphatic carbocycles. The Balaban J connectivity index is 1.68. The van der Waals surface area contributed by atoms with E-state index >= 15 is 0 Å². The molecule has 1 N–H and O–H groups in total. The zero-order chi connectivity index (χ0) is 16.7. The van der Waals surface area contributed by atoms with Crippen molar-refractivity contribution in [1.29, 1.82) is 0 Å². The Kier molecular flexibility index (Phi) is 3.04. The number of fused-ring (bicyclic) bond motifs is 1. The van der Waals surface area contributed by atoms with Gasteiger partial charge in [-0.15, -0.1) is 11.3 Å². The first kappa shape index (κ1) is 15.5. The predicted octanol–water partition coefficient (Wildman–Crippen LogP) is 4.93. The molecule has 0 amide bonds. The van der Waals surface area contributed by atoms with Crippen LogP contribution in [0.2, 0.25) is 0 Å². The zero-order valence-corrected chi connectivity index (χ0v) is 15.7. The number of hydrogen-bond acceptors (Lipinski definition) is 4. The molecule has 0 saturated heterocycles. The van der Waals surface area contributed by atoms with Crippen molar-refractivity contribution in [2.24, 2.45) is 28.6 Å². The largest absolute Gasteiger partial charge is 0.453 e. The van der Waals surface area contributed by atoms with Crippen molar-refractivity contribution in [2.45, 2.75) is 64.9 Å². The highest BCUT2D eigenvalue weighted by Crippen LogP contribution is 2.70. The Morgan fingerprint density at radius 2 is 1.62 bits per heavy atom. The number of aliphatic hydroxyl groups is 1. The van der Waals surface area contributed by atoms with Crippen LogP contribution in [0.25, 0.3) is 0 Å². The summed E-state index contributed by atoms with van der Waals surface area (Å²) >= 11 is 1.63. The van der Waals surface area contributed by atoms with Gasteiger partial charge in [0.05, 0.1) is 4.88 Å². The maximum atomic E-state index is 12.4. The van der Waals surface area contributed by atoms with Crippen LogP contribution >= 0.6 is 11.3 Å². The quantitative estimate of drug-likeness (QED) is 0.824. The summed E-state index contributed by atoms with van der Waals surface area (Å²) < 4.78 is 11.4. The van der Waals surface area contributed by atoms with E-state index in [4.69, 9.17) is 9.47 Å². The van der Waals surface area contributed by atoms with Gasteiger partial charge in [-0.3, -0.25) is 0 Å². The van der Waals surface area contributed by atoms with E-state index in [0.717, 1.165) is 34.1 Å². The van der Waals surface area contributed by atoms with Crippen molar-refractivity contribution in [3.63, 3.8) is 0 Å². The lowest BCUT2D eigenvalue weighted by molar-refractivity contribution is -0.228. The molecule has 6 rings (SSSR count). The lowest BCUT2D eigenvalue weighted by atomic mass is 9.42. The average molecular weight is 349 g/mol. The summed E-state index contributed by atoms with van der Waals surface area (Å²) in [6.07, 6.45) is 7.71. The highest BCUT2D eigenvalue weighted by molar-refractivity contribution is 7.10. The maximum Gasteiger partial charge on any atom is 0.231 e. The van der Waals surface area contributed by atoms with Crippen molar-refractivity contribution in [3.8, 4) is 11.5 Å². The molecule has 1 atom stereocenters. The molecular formula is C20H28O3S. The lowest BCUT2D eigenvalue weighted by Crippen LogP contribution is -2.61. The van der Waals surface area contributed by atoms with Gasteiger partial charge in [0.1, 0.15) is 5.60 Å². The fourth-order valence-corrected chi connectivity index (χ4v) is 8.26. The lowest BCUT2D eigenvalue weighted by Gasteiger charge is -2.64. The van der Waals surface area contributed by atoms with Gasteiger partial charge < -0.3 is 14.6 Å². The van der Waals surface area contributed by atoms with E-state index in [0.29, 0.717) is 0 Å². The summed E-state index contributed by atoms with van der Waals surface area (Å²) in [5, 5.41) is 14.4. The Morgan fingerprint density at radius 1 is 1.04 bits per heavy atom. The summed E-state index contributed by atoms with van der Waals surface area (Å²) in [6.45, 7) is 6.89. The molecule has 1 aliphatic heterocycles. The van der Waals surface area contributed by atoms with Crippen LogP contribution in [0.1, 0.15) is 64.2 Å². The molecule has 0 aromatic carbocycles. The Bertz CT molecular complexity index is 636. The van der Waals surface area contributed by atoms with E-state index in [1.807, 2.05) is 5.38 Å². The summed E-state index contributed by atoms with van der Waals surface area (Å²) in [5.41, 5.74) is -1.07. The number of hydrogen-bond donors (Lipinski definition) is 1. The summed E-state index contributed by atoms with van der Waals surface area (Å²) in [6, 6.07) is 0. The monoisotopic (exact) mass is 348 g/mol. The molecule has 4 saturated carbocycles. The normalized spacial score (nSPS) is 39.2. The molecule has 4 bridgehead atoms. The van der Waals surface area contributed by atoms with Crippen LogP contribution in [0, 0.1) is 28.6 Å². The van der Waals surface area contributed by atoms with Crippen molar-refractivity contribution in [3.05, 3.63) is 10.3 Å². The third-order valence-corrected chi connectivity index (χ3v) is 8.40. The summed E-state index contributed by atoms with van der Waals surface area (Å²) in [7, 11) is 0. The fourth-order valence-electron chi connectivity index (χ4n) is 6.90. The Morgan fingerprint density at radius 3 is 2.17 bits per heavy atom. The van der Waals surface area contributed by atoms with E-state index in [1.165, 1.54) is 38.5 Å². The molecule has 1 aromatic rings. The van der Waals surface area contributed by atoms with Gasteiger partial charge in [0.15, 0.2) is 11.5 Å². The van der Waals surface area contributed by atoms with E-state index < -0.39 is 5.60 Å². The molecule has 4 fully saturated rings. The van der Waals surface area contributed by atoms with Crippen molar-refractivity contribution >= 4 is 11.3 Å². The first-order valence-electron chi connectivity index (χ1n) is 9.42. The molecule has 5 aliphatic rings. The van der Waals surface area contributed by atoms with Crippen molar-refractivity contribution in [2.75, 3.05) is 6.79 Å². The third kappa shape index (κ3) is 1.82. The molecule has 2 heterocycles. The summed E-state index contributed by atoms with van der Waals surface area (Å²) in [5.74, 6) is 4.08. The van der Waals surface area contributed by atoms with Crippen LogP contribution in [-0.2, 0) is 5.60 Å². The minimum atomic E-state index is -0.845. The van der Waals surface area contributed by atoms with Gasteiger partial charge in [-0.2, -0.15) is 0 Å². The van der Waals surface area contributed by atoms with Crippen LogP contribution in [-0.4, -0.2) is 11.9 Å². The third-order valence-electron chi connectivity index (χ3n) is 7.35. The van der Waals surface area contributed by atoms with Crippen LogP contribution < -0.4 is 9.47 Å². The second-order valence-electron chi connectivity index (χ2n) is 9.82. The van der Waals surface area contributed by atoms with Gasteiger partial charge in [-0.05, 0) is 61.7 Å². The van der Waals surface area contributed by atoms with E-state index in [9.17, 15) is 5.11 Å². The molecule has 1 aromatic heterocycles. The second-order valence-corrected chi connectivity index (χ2v) is 10.7. The summed E-state index contributed by atoms with van der Waals surface area (Å²) in [4.78, 5) is 1.02. The van der Waals surface area contributed by atoms with Gasteiger partial charge in [0, 0.05) is 10.8 Å². The second kappa shape index (κ2) is 4.70. The SMILES string of the molecule is CC(C)(C)C(O)(c1scc2c1OCO2)C12CC3CC(CC(C3)C1)C2. The Hall–Kier alpha value is -0.740. The van der Waals surface area contributed by atoms with E-state index in [-0.39, 0.29) is 17.6 Å². The molecule has 24 heavy (non-hydrogen) atoms. The highest BCUT2D eigenvalue weighted by atomic mass is 32.1. The molecule has 4 heteroatoms. The van der Waals surface area contributed by atoms with E-state index in [2.05, 4.69) is 20.8 Å². The Labute approximate surface area is 148 Å². The predicted molar refractivity (Wildman–Crippen MR) is 94.4 cm³/mol. The molecule has 0 spiro atoms. The minimum absolute atomic E-state index is 0.00454. The van der Waals surface area contributed by atoms with Crippen LogP contribution in [0.3, 0.4) is 0 Å². The van der Waals surface area contributed by atoms with Gasteiger partial charge in [0.2, 0.25) is 6.79 Å². The topological polar surface area (TPSA) is 38.7 Å². The minimum Gasteiger partial charge on any atom is -0.453 e. The molecular weight excluding hydrogens is 320 g/mol. The average Bonchev–Trinajstić information content (AvgIpc) is 3.06. The molecule has 3 nitrogen and oxygen atoms in total. The fraction of sp³-hybridized carbons (Fsp3) is 0.800. The van der Waals surface area contributed by atoms with Crippen molar-refractivity contribution < 1.29 is 14.6 Å². The highest BCUT2D eigenvalue weighted by Gasteiger charge is 2.65. The zero-order valence-electron chi connectivity index (χ0n) is 14.9. The van der Waals surface area contributed by atoms with Crippen LogP contribution in [0.5, 0.6) is 11.5 Å².